The van der Waals surface area contributed by atoms with Crippen molar-refractivity contribution in [3.63, 3.8) is 0 Å². The van der Waals surface area contributed by atoms with Crippen LogP contribution in [0.2, 0.25) is 0 Å². The number of halogens is 1. The number of fused-ring (bicyclic) bond motifs is 1. The maximum atomic E-state index is 13.3. The lowest BCUT2D eigenvalue weighted by Gasteiger charge is -2.11. The number of amides is 2. The molecular formula is C27H18FN3O5S. The zero-order chi connectivity index (χ0) is 26.1. The Hall–Kier alpha value is -4.57. The highest BCUT2D eigenvalue weighted by Crippen LogP contribution is 2.34. The second-order valence-corrected chi connectivity index (χ2v) is 9.34. The molecule has 0 unspecified atom stereocenters. The summed E-state index contributed by atoms with van der Waals surface area (Å²) in [5, 5.41) is 11.1. The number of carbonyl (C=O) groups is 3. The van der Waals surface area contributed by atoms with Gasteiger partial charge < -0.3 is 4.57 Å². The Bertz CT molecular complexity index is 1590. The van der Waals surface area contributed by atoms with Gasteiger partial charge in [0.05, 0.1) is 16.4 Å². The molecule has 0 spiro atoms. The summed E-state index contributed by atoms with van der Waals surface area (Å²) in [6.07, 6.45) is 3.49. The predicted octanol–water partition coefficient (Wildman–Crippen LogP) is 5.66. The van der Waals surface area contributed by atoms with Gasteiger partial charge in [0, 0.05) is 46.9 Å². The van der Waals surface area contributed by atoms with Gasteiger partial charge in [-0.15, -0.1) is 0 Å². The summed E-state index contributed by atoms with van der Waals surface area (Å²) in [7, 11) is 0. The second-order valence-electron chi connectivity index (χ2n) is 8.35. The monoisotopic (exact) mass is 515 g/mol. The van der Waals surface area contributed by atoms with Crippen LogP contribution in [0.25, 0.3) is 17.0 Å². The molecule has 2 amide bonds. The van der Waals surface area contributed by atoms with Crippen molar-refractivity contribution < 1.29 is 23.7 Å². The molecule has 4 aromatic rings. The first kappa shape index (κ1) is 24.1. The number of benzene rings is 3. The number of nitrogens with zero attached hydrogens (tertiary/aromatic N) is 3. The number of nitro groups is 1. The molecule has 0 saturated carbocycles. The van der Waals surface area contributed by atoms with Gasteiger partial charge in [0.15, 0.2) is 5.78 Å². The lowest BCUT2D eigenvalue weighted by molar-refractivity contribution is -0.384. The van der Waals surface area contributed by atoms with Gasteiger partial charge in [0.2, 0.25) is 0 Å². The smallest absolute Gasteiger partial charge is 0.293 e. The van der Waals surface area contributed by atoms with Gasteiger partial charge in [-0.25, -0.2) is 4.39 Å². The molecule has 0 bridgehead atoms. The fourth-order valence-corrected chi connectivity index (χ4v) is 4.92. The van der Waals surface area contributed by atoms with Crippen LogP contribution in [0, 0.1) is 15.9 Å². The number of aromatic nitrogens is 1. The van der Waals surface area contributed by atoms with Crippen molar-refractivity contribution in [3.05, 3.63) is 117 Å². The molecule has 0 radical (unpaired) electrons. The van der Waals surface area contributed by atoms with Crippen LogP contribution in [0.4, 0.5) is 14.9 Å². The van der Waals surface area contributed by atoms with Crippen molar-refractivity contribution in [2.24, 2.45) is 0 Å². The number of hydrogen-bond donors (Lipinski definition) is 0. The van der Waals surface area contributed by atoms with E-state index in [-0.39, 0.29) is 22.0 Å². The average molecular weight is 516 g/mol. The number of nitro benzene ring substituents is 1. The van der Waals surface area contributed by atoms with E-state index >= 15 is 0 Å². The molecule has 1 aliphatic heterocycles. The summed E-state index contributed by atoms with van der Waals surface area (Å²) in [4.78, 5) is 49.6. The molecule has 37 heavy (non-hydrogen) atoms. The number of ketones is 1. The molecule has 1 fully saturated rings. The minimum absolute atomic E-state index is 0.163. The largest absolute Gasteiger partial charge is 0.342 e. The molecule has 0 atom stereocenters. The van der Waals surface area contributed by atoms with Gasteiger partial charge in [-0.05, 0) is 53.7 Å². The minimum atomic E-state index is -0.583. The molecule has 5 rings (SSSR count). The van der Waals surface area contributed by atoms with E-state index in [4.69, 9.17) is 0 Å². The molecule has 0 N–H and O–H groups in total. The van der Waals surface area contributed by atoms with E-state index in [1.807, 2.05) is 35.0 Å². The zero-order valence-corrected chi connectivity index (χ0v) is 20.0. The van der Waals surface area contributed by atoms with E-state index < -0.39 is 28.4 Å². The molecule has 10 heteroatoms. The Morgan fingerprint density at radius 3 is 2.41 bits per heavy atom. The number of para-hydroxylation sites is 1. The number of Topliss-reactive ketones (excluding diaryl/α,β-unsaturated/α-hetero) is 1. The Morgan fingerprint density at radius 2 is 1.70 bits per heavy atom. The van der Waals surface area contributed by atoms with Crippen LogP contribution in [0.5, 0.6) is 0 Å². The number of non-ortho nitro benzene ring substituents is 1. The molecule has 184 valence electrons. The van der Waals surface area contributed by atoms with E-state index in [9.17, 15) is 28.9 Å². The minimum Gasteiger partial charge on any atom is -0.342 e. The SMILES string of the molecule is O=C(CN1C(=O)S/C(=C\c2cn(Cc3ccc(F)cc3)c3ccccc23)C1=O)c1ccc([N+](=O)[O-])cc1. The quantitative estimate of drug-likeness (QED) is 0.136. The lowest BCUT2D eigenvalue weighted by Crippen LogP contribution is -2.33. The number of rotatable bonds is 7. The second kappa shape index (κ2) is 9.82. The maximum absolute atomic E-state index is 13.3. The van der Waals surface area contributed by atoms with Crippen molar-refractivity contribution in [2.75, 3.05) is 6.54 Å². The molecule has 0 aliphatic carbocycles. The summed E-state index contributed by atoms with van der Waals surface area (Å²) in [5.74, 6) is -1.40. The molecule has 8 nitrogen and oxygen atoms in total. The van der Waals surface area contributed by atoms with Gasteiger partial charge in [-0.1, -0.05) is 30.3 Å². The third-order valence-corrected chi connectivity index (χ3v) is 6.85. The number of carbonyl (C=O) groups excluding carboxylic acids is 3. The topological polar surface area (TPSA) is 103 Å². The van der Waals surface area contributed by atoms with E-state index in [2.05, 4.69) is 0 Å². The van der Waals surface area contributed by atoms with Crippen LogP contribution in [-0.2, 0) is 11.3 Å². The van der Waals surface area contributed by atoms with Gasteiger partial charge in [-0.3, -0.25) is 29.4 Å². The number of imide groups is 1. The first-order valence-electron chi connectivity index (χ1n) is 11.2. The van der Waals surface area contributed by atoms with E-state index in [1.54, 1.807) is 18.2 Å². The summed E-state index contributed by atoms with van der Waals surface area (Å²) >= 11 is 0.750. The van der Waals surface area contributed by atoms with Crippen molar-refractivity contribution in [2.45, 2.75) is 6.54 Å². The van der Waals surface area contributed by atoms with Crippen LogP contribution in [0.1, 0.15) is 21.5 Å². The normalized spacial score (nSPS) is 14.6. The van der Waals surface area contributed by atoms with Gasteiger partial charge >= 0.3 is 0 Å². The Morgan fingerprint density at radius 1 is 1.00 bits per heavy atom. The van der Waals surface area contributed by atoms with Crippen LogP contribution in [0.15, 0.2) is 83.9 Å². The van der Waals surface area contributed by atoms with Crippen molar-refractivity contribution in [1.29, 1.82) is 0 Å². The van der Waals surface area contributed by atoms with Crippen LogP contribution < -0.4 is 0 Å². The Balaban J connectivity index is 1.39. The Kier molecular flexibility index (Phi) is 6.41. The molecular weight excluding hydrogens is 497 g/mol. The van der Waals surface area contributed by atoms with Crippen LogP contribution in [-0.4, -0.2) is 37.9 Å². The highest BCUT2D eigenvalue weighted by molar-refractivity contribution is 8.18. The lowest BCUT2D eigenvalue weighted by atomic mass is 10.1. The third-order valence-electron chi connectivity index (χ3n) is 5.95. The molecule has 1 aliphatic rings. The van der Waals surface area contributed by atoms with Crippen molar-refractivity contribution >= 4 is 51.4 Å². The fraction of sp³-hybridized carbons (Fsp3) is 0.0741. The summed E-state index contributed by atoms with van der Waals surface area (Å²) in [5.41, 5.74) is 2.54. The maximum Gasteiger partial charge on any atom is 0.293 e. The van der Waals surface area contributed by atoms with Gasteiger partial charge in [-0.2, -0.15) is 0 Å². The summed E-state index contributed by atoms with van der Waals surface area (Å²) in [6.45, 7) is 0.0198. The first-order chi connectivity index (χ1) is 17.8. The molecule has 1 saturated heterocycles. The molecule has 2 heterocycles. The van der Waals surface area contributed by atoms with Gasteiger partial charge in [0.1, 0.15) is 5.82 Å². The van der Waals surface area contributed by atoms with Crippen LogP contribution >= 0.6 is 11.8 Å². The van der Waals surface area contributed by atoms with Crippen LogP contribution in [0.3, 0.4) is 0 Å². The summed E-state index contributed by atoms with van der Waals surface area (Å²) < 4.78 is 15.3. The van der Waals surface area contributed by atoms with E-state index in [0.29, 0.717) is 6.54 Å². The van der Waals surface area contributed by atoms with Crippen molar-refractivity contribution in [1.82, 2.24) is 9.47 Å². The third kappa shape index (κ3) is 4.91. The van der Waals surface area contributed by atoms with E-state index in [0.717, 1.165) is 38.7 Å². The van der Waals surface area contributed by atoms with E-state index in [1.165, 1.54) is 36.4 Å². The Labute approximate surface area is 214 Å². The predicted molar refractivity (Wildman–Crippen MR) is 138 cm³/mol. The van der Waals surface area contributed by atoms with Crippen molar-refractivity contribution in [3.8, 4) is 0 Å². The highest BCUT2D eigenvalue weighted by Gasteiger charge is 2.36. The van der Waals surface area contributed by atoms with Gasteiger partial charge in [0.25, 0.3) is 16.8 Å². The molecule has 1 aromatic heterocycles. The fourth-order valence-electron chi connectivity index (χ4n) is 4.09. The highest BCUT2D eigenvalue weighted by atomic mass is 32.2. The number of hydrogen-bond acceptors (Lipinski definition) is 6. The average Bonchev–Trinajstić information content (AvgIpc) is 3.37. The standard InChI is InChI=1S/C27H18FN3O5S/c28-20-9-5-17(6-10-20)14-29-15-19(22-3-1-2-4-23(22)29)13-25-26(33)30(27(34)37-25)16-24(32)18-7-11-21(12-8-18)31(35)36/h1-13,15H,14,16H2/b25-13-. The number of thioether (sulfide) groups is 1. The summed E-state index contributed by atoms with van der Waals surface area (Å²) in [6, 6.07) is 18.8. The zero-order valence-electron chi connectivity index (χ0n) is 19.2. The molecule has 3 aromatic carbocycles. The first-order valence-corrected chi connectivity index (χ1v) is 12.0.